The van der Waals surface area contributed by atoms with Crippen molar-refractivity contribution in [3.05, 3.63) is 30.1 Å². The van der Waals surface area contributed by atoms with E-state index in [9.17, 15) is 9.59 Å². The molecule has 0 atom stereocenters. The van der Waals surface area contributed by atoms with Crippen molar-refractivity contribution in [2.24, 2.45) is 0 Å². The topological polar surface area (TPSA) is 81.3 Å². The van der Waals surface area contributed by atoms with Crippen molar-refractivity contribution in [3.63, 3.8) is 0 Å². The van der Waals surface area contributed by atoms with Gasteiger partial charge in [-0.3, -0.25) is 4.79 Å². The Bertz CT molecular complexity index is 788. The minimum atomic E-state index is 0.00818. The summed E-state index contributed by atoms with van der Waals surface area (Å²) in [6, 6.07) is 5.84. The molecular weight excluding hydrogens is 330 g/mol. The fourth-order valence-electron chi connectivity index (χ4n) is 3.88. The van der Waals surface area contributed by atoms with Crippen molar-refractivity contribution in [1.29, 1.82) is 0 Å². The molecule has 7 heteroatoms. The molecule has 7 nitrogen and oxygen atoms in total. The standard InChI is InChI=1S/C19H25N5O2/c25-18(14-6-7-16-17(12-14)21-13-20-16)23-8-10-24(11-9-23)19(26)22-15-4-2-1-3-5-15/h6-7,12-13,15H,1-5,8-11H2,(H,20,21)(H,22,26). The molecule has 1 saturated heterocycles. The zero-order valence-electron chi connectivity index (χ0n) is 14.9. The van der Waals surface area contributed by atoms with Gasteiger partial charge in [0.1, 0.15) is 0 Å². The van der Waals surface area contributed by atoms with Gasteiger partial charge in [-0.1, -0.05) is 19.3 Å². The number of carbonyl (C=O) groups excluding carboxylic acids is 2. The van der Waals surface area contributed by atoms with Crippen LogP contribution in [0.3, 0.4) is 0 Å². The number of urea groups is 1. The number of benzene rings is 1. The molecule has 0 unspecified atom stereocenters. The highest BCUT2D eigenvalue weighted by Gasteiger charge is 2.26. The van der Waals surface area contributed by atoms with Crippen LogP contribution >= 0.6 is 0 Å². The monoisotopic (exact) mass is 355 g/mol. The molecule has 4 rings (SSSR count). The third-order valence-corrected chi connectivity index (χ3v) is 5.45. The highest BCUT2D eigenvalue weighted by Crippen LogP contribution is 2.18. The van der Waals surface area contributed by atoms with Crippen molar-refractivity contribution >= 4 is 23.0 Å². The molecular formula is C19H25N5O2. The van der Waals surface area contributed by atoms with E-state index < -0.39 is 0 Å². The van der Waals surface area contributed by atoms with E-state index in [1.165, 1.54) is 19.3 Å². The summed E-state index contributed by atoms with van der Waals surface area (Å²) in [7, 11) is 0. The molecule has 2 heterocycles. The van der Waals surface area contributed by atoms with Crippen LogP contribution in [0.1, 0.15) is 42.5 Å². The maximum absolute atomic E-state index is 12.7. The molecule has 2 N–H and O–H groups in total. The average molecular weight is 355 g/mol. The summed E-state index contributed by atoms with van der Waals surface area (Å²) < 4.78 is 0. The highest BCUT2D eigenvalue weighted by molar-refractivity contribution is 5.97. The number of H-pyrrole nitrogens is 1. The third kappa shape index (κ3) is 3.52. The Morgan fingerprint density at radius 1 is 1.04 bits per heavy atom. The van der Waals surface area contributed by atoms with E-state index in [1.54, 1.807) is 6.33 Å². The highest BCUT2D eigenvalue weighted by atomic mass is 16.2. The Kier molecular flexibility index (Phi) is 4.77. The van der Waals surface area contributed by atoms with Crippen molar-refractivity contribution in [2.45, 2.75) is 38.1 Å². The lowest BCUT2D eigenvalue weighted by Crippen LogP contribution is -2.54. The molecule has 2 aromatic rings. The Morgan fingerprint density at radius 3 is 2.54 bits per heavy atom. The first kappa shape index (κ1) is 16.9. The summed E-state index contributed by atoms with van der Waals surface area (Å²) in [5, 5.41) is 3.15. The molecule has 1 aromatic carbocycles. The summed E-state index contributed by atoms with van der Waals surface area (Å²) in [5.74, 6) is 0.00818. The zero-order chi connectivity index (χ0) is 17.9. The van der Waals surface area contributed by atoms with Crippen LogP contribution in [-0.4, -0.2) is 63.9 Å². The van der Waals surface area contributed by atoms with Crippen LogP contribution in [0.15, 0.2) is 24.5 Å². The van der Waals surface area contributed by atoms with E-state index in [-0.39, 0.29) is 11.9 Å². The number of piperazine rings is 1. The number of aromatic nitrogens is 2. The number of rotatable bonds is 2. The second kappa shape index (κ2) is 7.35. The molecule has 1 aliphatic carbocycles. The summed E-state index contributed by atoms with van der Waals surface area (Å²) in [6.45, 7) is 2.29. The predicted molar refractivity (Wildman–Crippen MR) is 99.0 cm³/mol. The Morgan fingerprint density at radius 2 is 1.77 bits per heavy atom. The smallest absolute Gasteiger partial charge is 0.317 e. The minimum absolute atomic E-state index is 0.00818. The molecule has 26 heavy (non-hydrogen) atoms. The van der Waals surface area contributed by atoms with Gasteiger partial charge in [0, 0.05) is 37.8 Å². The van der Waals surface area contributed by atoms with Crippen LogP contribution < -0.4 is 5.32 Å². The SMILES string of the molecule is O=C(NC1CCCCC1)N1CCN(C(=O)c2ccc3nc[nH]c3c2)CC1. The molecule has 138 valence electrons. The van der Waals surface area contributed by atoms with Gasteiger partial charge in [0.15, 0.2) is 0 Å². The molecule has 3 amide bonds. The van der Waals surface area contributed by atoms with Gasteiger partial charge in [0.2, 0.25) is 0 Å². The van der Waals surface area contributed by atoms with E-state index in [2.05, 4.69) is 15.3 Å². The number of hydrogen-bond acceptors (Lipinski definition) is 3. The van der Waals surface area contributed by atoms with Crippen molar-refractivity contribution in [2.75, 3.05) is 26.2 Å². The molecule has 0 spiro atoms. The van der Waals surface area contributed by atoms with Crippen LogP contribution in [0.2, 0.25) is 0 Å². The molecule has 1 aromatic heterocycles. The third-order valence-electron chi connectivity index (χ3n) is 5.45. The van der Waals surface area contributed by atoms with Gasteiger partial charge in [-0.15, -0.1) is 0 Å². The molecule has 2 aliphatic rings. The number of amides is 3. The van der Waals surface area contributed by atoms with Crippen molar-refractivity contribution in [1.82, 2.24) is 25.1 Å². The zero-order valence-corrected chi connectivity index (χ0v) is 14.9. The van der Waals surface area contributed by atoms with E-state index in [0.717, 1.165) is 23.9 Å². The fourth-order valence-corrected chi connectivity index (χ4v) is 3.88. The van der Waals surface area contributed by atoms with Crippen molar-refractivity contribution < 1.29 is 9.59 Å². The van der Waals surface area contributed by atoms with Crippen LogP contribution in [0, 0.1) is 0 Å². The van der Waals surface area contributed by atoms with E-state index in [4.69, 9.17) is 0 Å². The van der Waals surface area contributed by atoms with Crippen LogP contribution in [0.4, 0.5) is 4.79 Å². The molecule has 0 bridgehead atoms. The Balaban J connectivity index is 1.32. The predicted octanol–water partition coefficient (Wildman–Crippen LogP) is 2.36. The fraction of sp³-hybridized carbons (Fsp3) is 0.526. The van der Waals surface area contributed by atoms with Gasteiger partial charge in [0.25, 0.3) is 5.91 Å². The average Bonchev–Trinajstić information content (AvgIpc) is 3.16. The summed E-state index contributed by atoms with van der Waals surface area (Å²) in [5.41, 5.74) is 2.37. The lowest BCUT2D eigenvalue weighted by atomic mass is 9.96. The normalized spacial score (nSPS) is 18.9. The Hall–Kier alpha value is -2.57. The van der Waals surface area contributed by atoms with Gasteiger partial charge < -0.3 is 20.1 Å². The maximum atomic E-state index is 12.7. The molecule has 1 aliphatic heterocycles. The lowest BCUT2D eigenvalue weighted by Gasteiger charge is -2.36. The van der Waals surface area contributed by atoms with Crippen LogP contribution in [0.25, 0.3) is 11.0 Å². The first-order chi connectivity index (χ1) is 12.7. The van der Waals surface area contributed by atoms with Gasteiger partial charge in [-0.25, -0.2) is 9.78 Å². The van der Waals surface area contributed by atoms with Crippen LogP contribution in [-0.2, 0) is 0 Å². The Labute approximate surface area is 152 Å². The second-order valence-corrected chi connectivity index (χ2v) is 7.20. The minimum Gasteiger partial charge on any atom is -0.345 e. The summed E-state index contributed by atoms with van der Waals surface area (Å²) >= 11 is 0. The first-order valence-corrected chi connectivity index (χ1v) is 9.48. The number of nitrogens with zero attached hydrogens (tertiary/aromatic N) is 3. The van der Waals surface area contributed by atoms with Gasteiger partial charge in [-0.05, 0) is 31.0 Å². The quantitative estimate of drug-likeness (QED) is 0.868. The van der Waals surface area contributed by atoms with E-state index >= 15 is 0 Å². The van der Waals surface area contributed by atoms with Crippen LogP contribution in [0.5, 0.6) is 0 Å². The number of aromatic amines is 1. The summed E-state index contributed by atoms with van der Waals surface area (Å²) in [4.78, 5) is 36.0. The molecule has 1 saturated carbocycles. The van der Waals surface area contributed by atoms with Gasteiger partial charge >= 0.3 is 6.03 Å². The van der Waals surface area contributed by atoms with Gasteiger partial charge in [-0.2, -0.15) is 0 Å². The summed E-state index contributed by atoms with van der Waals surface area (Å²) in [6.07, 6.45) is 7.47. The lowest BCUT2D eigenvalue weighted by molar-refractivity contribution is 0.0662. The molecule has 2 fully saturated rings. The number of imidazole rings is 1. The number of fused-ring (bicyclic) bond motifs is 1. The van der Waals surface area contributed by atoms with Crippen molar-refractivity contribution in [3.8, 4) is 0 Å². The van der Waals surface area contributed by atoms with Gasteiger partial charge in [0.05, 0.1) is 17.4 Å². The first-order valence-electron chi connectivity index (χ1n) is 9.48. The van der Waals surface area contributed by atoms with E-state index in [1.807, 2.05) is 28.0 Å². The molecule has 0 radical (unpaired) electrons. The number of carbonyl (C=O) groups is 2. The van der Waals surface area contributed by atoms with E-state index in [0.29, 0.717) is 37.8 Å². The second-order valence-electron chi connectivity index (χ2n) is 7.20. The number of hydrogen-bond donors (Lipinski definition) is 2. The largest absolute Gasteiger partial charge is 0.345 e. The maximum Gasteiger partial charge on any atom is 0.317 e. The number of nitrogens with one attached hydrogen (secondary N) is 2.